The molecule has 0 aliphatic carbocycles. The number of methoxy groups -OCH3 is 2. The lowest BCUT2D eigenvalue weighted by Gasteiger charge is -2.10. The highest BCUT2D eigenvalue weighted by Gasteiger charge is 2.14. The Bertz CT molecular complexity index is 946. The van der Waals surface area contributed by atoms with Crippen LogP contribution in [0.15, 0.2) is 42.0 Å². The number of halogens is 1. The average molecular weight is 387 g/mol. The maximum atomic E-state index is 12.3. The summed E-state index contributed by atoms with van der Waals surface area (Å²) in [6.07, 6.45) is 1.36. The standard InChI is InChI=1S/C19H15ClN2O5/c1-26-16-9-11(8-15(20)17(16)27-2)7-13(10-21)18(23)22-14-5-3-12(4-6-14)19(24)25/h3-9H,1-2H3,(H,22,23)(H,24,25)/b13-7+. The molecule has 2 aromatic rings. The summed E-state index contributed by atoms with van der Waals surface area (Å²) in [5.74, 6) is -1.02. The van der Waals surface area contributed by atoms with Crippen LogP contribution in [0.5, 0.6) is 11.5 Å². The van der Waals surface area contributed by atoms with Gasteiger partial charge < -0.3 is 19.9 Å². The van der Waals surface area contributed by atoms with Crippen molar-refractivity contribution in [1.29, 1.82) is 5.26 Å². The van der Waals surface area contributed by atoms with E-state index in [0.717, 1.165) is 0 Å². The van der Waals surface area contributed by atoms with Crippen molar-refractivity contribution in [3.8, 4) is 17.6 Å². The Morgan fingerprint density at radius 3 is 2.37 bits per heavy atom. The van der Waals surface area contributed by atoms with Crippen LogP contribution in [0.2, 0.25) is 5.02 Å². The van der Waals surface area contributed by atoms with Gasteiger partial charge in [-0.1, -0.05) is 11.6 Å². The van der Waals surface area contributed by atoms with Crippen LogP contribution in [-0.2, 0) is 4.79 Å². The van der Waals surface area contributed by atoms with Gasteiger partial charge in [-0.25, -0.2) is 4.79 Å². The summed E-state index contributed by atoms with van der Waals surface area (Å²) in [6.45, 7) is 0. The lowest BCUT2D eigenvalue weighted by molar-refractivity contribution is -0.112. The Morgan fingerprint density at radius 2 is 1.85 bits per heavy atom. The molecule has 0 radical (unpaired) electrons. The number of rotatable bonds is 6. The first-order chi connectivity index (χ1) is 12.9. The zero-order valence-corrected chi connectivity index (χ0v) is 15.2. The number of benzene rings is 2. The van der Waals surface area contributed by atoms with Gasteiger partial charge in [0, 0.05) is 5.69 Å². The monoisotopic (exact) mass is 386 g/mol. The molecular weight excluding hydrogens is 372 g/mol. The van der Waals surface area contributed by atoms with E-state index in [1.807, 2.05) is 6.07 Å². The molecule has 0 spiro atoms. The zero-order chi connectivity index (χ0) is 20.0. The van der Waals surface area contributed by atoms with E-state index in [9.17, 15) is 14.9 Å². The zero-order valence-electron chi connectivity index (χ0n) is 14.4. The number of nitrogens with zero attached hydrogens (tertiary/aromatic N) is 1. The van der Waals surface area contributed by atoms with Gasteiger partial charge >= 0.3 is 5.97 Å². The molecule has 0 bridgehead atoms. The van der Waals surface area contributed by atoms with Crippen molar-refractivity contribution in [2.45, 2.75) is 0 Å². The Morgan fingerprint density at radius 1 is 1.19 bits per heavy atom. The lowest BCUT2D eigenvalue weighted by atomic mass is 10.1. The van der Waals surface area contributed by atoms with E-state index in [1.54, 1.807) is 6.07 Å². The number of amides is 1. The van der Waals surface area contributed by atoms with Crippen LogP contribution < -0.4 is 14.8 Å². The van der Waals surface area contributed by atoms with Gasteiger partial charge in [0.1, 0.15) is 11.6 Å². The first-order valence-electron chi connectivity index (χ1n) is 7.57. The number of ether oxygens (including phenoxy) is 2. The Balaban J connectivity index is 2.27. The fraction of sp³-hybridized carbons (Fsp3) is 0.105. The molecule has 8 heteroatoms. The van der Waals surface area contributed by atoms with E-state index < -0.39 is 11.9 Å². The van der Waals surface area contributed by atoms with Crippen molar-refractivity contribution >= 4 is 35.2 Å². The highest BCUT2D eigenvalue weighted by molar-refractivity contribution is 6.32. The molecule has 0 atom stereocenters. The molecule has 0 aromatic heterocycles. The normalized spacial score (nSPS) is 10.7. The average Bonchev–Trinajstić information content (AvgIpc) is 2.65. The van der Waals surface area contributed by atoms with E-state index in [-0.39, 0.29) is 16.2 Å². The van der Waals surface area contributed by atoms with E-state index in [2.05, 4.69) is 5.32 Å². The van der Waals surface area contributed by atoms with Gasteiger partial charge in [0.15, 0.2) is 11.5 Å². The third-order valence-corrected chi connectivity index (χ3v) is 3.80. The molecule has 0 unspecified atom stereocenters. The minimum atomic E-state index is -1.07. The van der Waals surface area contributed by atoms with Crippen molar-refractivity contribution < 1.29 is 24.2 Å². The quantitative estimate of drug-likeness (QED) is 0.580. The van der Waals surface area contributed by atoms with Crippen LogP contribution in [-0.4, -0.2) is 31.2 Å². The van der Waals surface area contributed by atoms with Gasteiger partial charge in [0.05, 0.1) is 24.8 Å². The molecule has 2 N–H and O–H groups in total. The SMILES string of the molecule is COc1cc(/C=C(\C#N)C(=O)Nc2ccc(C(=O)O)cc2)cc(Cl)c1OC. The number of hydrogen-bond donors (Lipinski definition) is 2. The van der Waals surface area contributed by atoms with E-state index >= 15 is 0 Å². The molecule has 1 amide bonds. The van der Waals surface area contributed by atoms with Crippen LogP contribution in [0, 0.1) is 11.3 Å². The van der Waals surface area contributed by atoms with Crippen molar-refractivity contribution in [2.24, 2.45) is 0 Å². The molecule has 27 heavy (non-hydrogen) atoms. The first kappa shape index (κ1) is 19.8. The second-order valence-corrected chi connectivity index (χ2v) is 5.65. The fourth-order valence-electron chi connectivity index (χ4n) is 2.23. The predicted octanol–water partition coefficient (Wildman–Crippen LogP) is 3.60. The second kappa shape index (κ2) is 8.74. The third kappa shape index (κ3) is 4.77. The molecular formula is C19H15ClN2O5. The predicted molar refractivity (Wildman–Crippen MR) is 100 cm³/mol. The minimum absolute atomic E-state index is 0.0871. The Hall–Kier alpha value is -3.50. The number of nitrogens with one attached hydrogen (secondary N) is 1. The summed E-state index contributed by atoms with van der Waals surface area (Å²) >= 11 is 6.12. The molecule has 0 aliphatic rings. The highest BCUT2D eigenvalue weighted by Crippen LogP contribution is 2.36. The van der Waals surface area contributed by atoms with Crippen LogP contribution in [0.4, 0.5) is 5.69 Å². The van der Waals surface area contributed by atoms with Crippen LogP contribution in [0.25, 0.3) is 6.08 Å². The first-order valence-corrected chi connectivity index (χ1v) is 7.95. The Kier molecular flexibility index (Phi) is 6.41. The lowest BCUT2D eigenvalue weighted by Crippen LogP contribution is -2.13. The third-order valence-electron chi connectivity index (χ3n) is 3.52. The van der Waals surface area contributed by atoms with Gasteiger partial charge in [0.25, 0.3) is 5.91 Å². The molecule has 2 rings (SSSR count). The number of carboxylic acids is 1. The molecule has 0 heterocycles. The number of carbonyl (C=O) groups is 2. The maximum absolute atomic E-state index is 12.3. The van der Waals surface area contributed by atoms with Gasteiger partial charge in [-0.15, -0.1) is 0 Å². The van der Waals surface area contributed by atoms with E-state index in [4.69, 9.17) is 26.2 Å². The number of carboxylic acid groups (broad SMARTS) is 1. The van der Waals surface area contributed by atoms with Crippen LogP contribution >= 0.6 is 11.6 Å². The van der Waals surface area contributed by atoms with Crippen LogP contribution in [0.3, 0.4) is 0 Å². The molecule has 2 aromatic carbocycles. The largest absolute Gasteiger partial charge is 0.493 e. The smallest absolute Gasteiger partial charge is 0.335 e. The fourth-order valence-corrected chi connectivity index (χ4v) is 2.53. The summed E-state index contributed by atoms with van der Waals surface area (Å²) in [5.41, 5.74) is 0.756. The molecule has 0 saturated carbocycles. The number of anilines is 1. The molecule has 138 valence electrons. The maximum Gasteiger partial charge on any atom is 0.335 e. The summed E-state index contributed by atoms with van der Waals surface area (Å²) in [5, 5.41) is 21.0. The highest BCUT2D eigenvalue weighted by atomic mass is 35.5. The summed E-state index contributed by atoms with van der Waals surface area (Å²) in [4.78, 5) is 23.2. The van der Waals surface area contributed by atoms with Crippen molar-refractivity contribution in [3.05, 3.63) is 58.1 Å². The Labute approximate surface area is 160 Å². The van der Waals surface area contributed by atoms with Crippen molar-refractivity contribution in [2.75, 3.05) is 19.5 Å². The summed E-state index contributed by atoms with van der Waals surface area (Å²) < 4.78 is 10.3. The van der Waals surface area contributed by atoms with Gasteiger partial charge in [-0.2, -0.15) is 5.26 Å². The van der Waals surface area contributed by atoms with E-state index in [1.165, 1.54) is 50.6 Å². The number of carbonyl (C=O) groups excluding carboxylic acids is 1. The van der Waals surface area contributed by atoms with Crippen molar-refractivity contribution in [3.63, 3.8) is 0 Å². The van der Waals surface area contributed by atoms with E-state index in [0.29, 0.717) is 22.7 Å². The van der Waals surface area contributed by atoms with Gasteiger partial charge in [-0.3, -0.25) is 4.79 Å². The van der Waals surface area contributed by atoms with Crippen LogP contribution in [0.1, 0.15) is 15.9 Å². The second-order valence-electron chi connectivity index (χ2n) is 5.24. The number of nitriles is 1. The molecule has 0 aliphatic heterocycles. The topological polar surface area (TPSA) is 109 Å². The number of aromatic carboxylic acids is 1. The summed E-state index contributed by atoms with van der Waals surface area (Å²) in [7, 11) is 2.89. The minimum Gasteiger partial charge on any atom is -0.493 e. The van der Waals surface area contributed by atoms with Crippen molar-refractivity contribution in [1.82, 2.24) is 0 Å². The van der Waals surface area contributed by atoms with Gasteiger partial charge in [-0.05, 0) is 48.0 Å². The molecule has 7 nitrogen and oxygen atoms in total. The van der Waals surface area contributed by atoms with Gasteiger partial charge in [0.2, 0.25) is 0 Å². The summed E-state index contributed by atoms with van der Waals surface area (Å²) in [6, 6.07) is 10.5. The molecule has 0 saturated heterocycles. The molecule has 0 fully saturated rings. The number of hydrogen-bond acceptors (Lipinski definition) is 5.